The van der Waals surface area contributed by atoms with Crippen molar-refractivity contribution in [1.29, 1.82) is 5.41 Å². The van der Waals surface area contributed by atoms with Crippen LogP contribution in [-0.2, 0) is 6.54 Å². The summed E-state index contributed by atoms with van der Waals surface area (Å²) < 4.78 is 7.35. The number of rotatable bonds is 6. The van der Waals surface area contributed by atoms with Crippen LogP contribution in [0, 0.1) is 5.41 Å². The Hall–Kier alpha value is -3.03. The molecule has 0 bridgehead atoms. The molecule has 2 aliphatic rings. The first-order valence-electron chi connectivity index (χ1n) is 9.39. The van der Waals surface area contributed by atoms with Gasteiger partial charge in [0.05, 0.1) is 18.6 Å². The summed E-state index contributed by atoms with van der Waals surface area (Å²) in [6, 6.07) is 8.15. The Morgan fingerprint density at radius 3 is 2.81 bits per heavy atom. The van der Waals surface area contributed by atoms with Crippen molar-refractivity contribution in [3.63, 3.8) is 0 Å². The van der Waals surface area contributed by atoms with Gasteiger partial charge in [-0.2, -0.15) is 4.98 Å². The van der Waals surface area contributed by atoms with Gasteiger partial charge in [0.25, 0.3) is 0 Å². The van der Waals surface area contributed by atoms with E-state index in [0.29, 0.717) is 24.2 Å². The zero-order chi connectivity index (χ0) is 18.2. The molecule has 0 radical (unpaired) electrons. The average Bonchev–Trinajstić information content (AvgIpc) is 3.11. The highest BCUT2D eigenvalue weighted by Crippen LogP contribution is 2.38. The maximum Gasteiger partial charge on any atom is 0.249 e. The van der Waals surface area contributed by atoms with Crippen LogP contribution < -0.4 is 0 Å². The van der Waals surface area contributed by atoms with Crippen molar-refractivity contribution in [2.45, 2.75) is 44.2 Å². The third-order valence-corrected chi connectivity index (χ3v) is 5.30. The van der Waals surface area contributed by atoms with Gasteiger partial charge in [-0.25, -0.2) is 4.68 Å². The molecule has 8 nitrogen and oxygen atoms in total. The van der Waals surface area contributed by atoms with Crippen molar-refractivity contribution in [3.8, 4) is 11.4 Å². The van der Waals surface area contributed by atoms with Gasteiger partial charge in [-0.05, 0) is 31.2 Å². The third kappa shape index (κ3) is 3.22. The molecule has 3 aromatic rings. The number of aromatic nitrogens is 5. The first-order valence-corrected chi connectivity index (χ1v) is 9.39. The molecule has 1 aliphatic heterocycles. The Bertz CT molecular complexity index is 941. The summed E-state index contributed by atoms with van der Waals surface area (Å²) in [5.74, 6) is 1.80. The Balaban J connectivity index is 1.29. The average molecular weight is 363 g/mol. The molecule has 5 rings (SSSR count). The number of benzene rings is 1. The van der Waals surface area contributed by atoms with E-state index >= 15 is 0 Å². The van der Waals surface area contributed by atoms with Gasteiger partial charge in [0.2, 0.25) is 11.7 Å². The van der Waals surface area contributed by atoms with E-state index < -0.39 is 0 Å². The third-order valence-electron chi connectivity index (χ3n) is 5.30. The maximum absolute atomic E-state index is 7.49. The summed E-state index contributed by atoms with van der Waals surface area (Å²) in [5.41, 5.74) is 3.18. The van der Waals surface area contributed by atoms with Crippen molar-refractivity contribution in [2.24, 2.45) is 0 Å². The monoisotopic (exact) mass is 363 g/mol. The fourth-order valence-corrected chi connectivity index (χ4v) is 3.60. The van der Waals surface area contributed by atoms with E-state index in [1.807, 2.05) is 27.9 Å². The molecule has 1 N–H and O–H groups in total. The van der Waals surface area contributed by atoms with E-state index in [9.17, 15) is 0 Å². The predicted molar refractivity (Wildman–Crippen MR) is 98.3 cm³/mol. The molecule has 8 heteroatoms. The summed E-state index contributed by atoms with van der Waals surface area (Å²) in [6.07, 6.45) is 7.85. The molecule has 2 fully saturated rings. The van der Waals surface area contributed by atoms with Gasteiger partial charge in [-0.3, -0.25) is 5.41 Å². The van der Waals surface area contributed by atoms with Gasteiger partial charge in [-0.15, -0.1) is 5.10 Å². The SMILES string of the molecule is N=CN1CCCC1c1nc(-c2ccc(Cn3cc(C4CC4)nn3)cc2)no1. The highest BCUT2D eigenvalue weighted by Gasteiger charge is 2.29. The molecule has 1 aliphatic carbocycles. The van der Waals surface area contributed by atoms with Gasteiger partial charge in [0.15, 0.2) is 0 Å². The molecule has 27 heavy (non-hydrogen) atoms. The van der Waals surface area contributed by atoms with Crippen LogP contribution in [0.3, 0.4) is 0 Å². The van der Waals surface area contributed by atoms with E-state index in [2.05, 4.69) is 32.6 Å². The minimum absolute atomic E-state index is 0.0241. The molecule has 0 amide bonds. The van der Waals surface area contributed by atoms with E-state index in [-0.39, 0.29) is 6.04 Å². The summed E-state index contributed by atoms with van der Waals surface area (Å²) in [6.45, 7) is 1.57. The van der Waals surface area contributed by atoms with Crippen LogP contribution in [0.25, 0.3) is 11.4 Å². The number of hydrogen-bond acceptors (Lipinski definition) is 6. The van der Waals surface area contributed by atoms with E-state index in [0.717, 1.165) is 36.2 Å². The van der Waals surface area contributed by atoms with E-state index in [1.165, 1.54) is 19.2 Å². The minimum atomic E-state index is 0.0241. The maximum atomic E-state index is 7.49. The number of nitrogens with one attached hydrogen (secondary N) is 1. The topological polar surface area (TPSA) is 96.7 Å². The molecule has 138 valence electrons. The van der Waals surface area contributed by atoms with Crippen molar-refractivity contribution >= 4 is 6.34 Å². The van der Waals surface area contributed by atoms with Crippen molar-refractivity contribution < 1.29 is 4.52 Å². The lowest BCUT2D eigenvalue weighted by Gasteiger charge is -2.16. The molecule has 1 saturated carbocycles. The zero-order valence-electron chi connectivity index (χ0n) is 15.0. The lowest BCUT2D eigenvalue weighted by atomic mass is 10.1. The van der Waals surface area contributed by atoms with Gasteiger partial charge in [0, 0.05) is 24.2 Å². The minimum Gasteiger partial charge on any atom is -0.351 e. The molecular weight excluding hydrogens is 342 g/mol. The van der Waals surface area contributed by atoms with Crippen LogP contribution in [0.15, 0.2) is 35.0 Å². The van der Waals surface area contributed by atoms with Crippen LogP contribution in [0.2, 0.25) is 0 Å². The Morgan fingerprint density at radius 1 is 1.19 bits per heavy atom. The van der Waals surface area contributed by atoms with Crippen LogP contribution >= 0.6 is 0 Å². The molecule has 2 aromatic heterocycles. The van der Waals surface area contributed by atoms with Crippen LogP contribution in [-0.4, -0.2) is 42.9 Å². The quantitative estimate of drug-likeness (QED) is 0.534. The van der Waals surface area contributed by atoms with Crippen LogP contribution in [0.5, 0.6) is 0 Å². The fraction of sp³-hybridized carbons (Fsp3) is 0.421. The molecule has 3 heterocycles. The van der Waals surface area contributed by atoms with Gasteiger partial charge in [0.1, 0.15) is 6.04 Å². The largest absolute Gasteiger partial charge is 0.351 e. The molecular formula is C19H21N7O. The van der Waals surface area contributed by atoms with Gasteiger partial charge >= 0.3 is 0 Å². The van der Waals surface area contributed by atoms with Gasteiger partial charge < -0.3 is 9.42 Å². The zero-order valence-corrected chi connectivity index (χ0v) is 15.0. The predicted octanol–water partition coefficient (Wildman–Crippen LogP) is 3.00. The fourth-order valence-electron chi connectivity index (χ4n) is 3.60. The Kier molecular flexibility index (Phi) is 3.95. The van der Waals surface area contributed by atoms with Crippen molar-refractivity contribution in [3.05, 3.63) is 47.6 Å². The molecule has 1 unspecified atom stereocenters. The van der Waals surface area contributed by atoms with E-state index in [4.69, 9.17) is 9.93 Å². The number of hydrogen-bond donors (Lipinski definition) is 1. The highest BCUT2D eigenvalue weighted by atomic mass is 16.5. The summed E-state index contributed by atoms with van der Waals surface area (Å²) >= 11 is 0. The number of nitrogens with zero attached hydrogens (tertiary/aromatic N) is 6. The van der Waals surface area contributed by atoms with E-state index in [1.54, 1.807) is 0 Å². The number of likely N-dealkylation sites (tertiary alicyclic amines) is 1. The first kappa shape index (κ1) is 16.2. The lowest BCUT2D eigenvalue weighted by Crippen LogP contribution is -2.20. The lowest BCUT2D eigenvalue weighted by molar-refractivity contribution is 0.289. The second kappa shape index (κ2) is 6.61. The highest BCUT2D eigenvalue weighted by molar-refractivity contribution is 5.55. The second-order valence-corrected chi connectivity index (χ2v) is 7.29. The smallest absolute Gasteiger partial charge is 0.249 e. The van der Waals surface area contributed by atoms with Crippen molar-refractivity contribution in [1.82, 2.24) is 30.0 Å². The molecule has 0 spiro atoms. The van der Waals surface area contributed by atoms with Crippen molar-refractivity contribution in [2.75, 3.05) is 6.54 Å². The normalized spacial score (nSPS) is 19.6. The first-order chi connectivity index (χ1) is 13.3. The molecule has 1 atom stereocenters. The summed E-state index contributed by atoms with van der Waals surface area (Å²) in [7, 11) is 0. The van der Waals surface area contributed by atoms with Gasteiger partial charge in [-0.1, -0.05) is 34.6 Å². The summed E-state index contributed by atoms with van der Waals surface area (Å²) in [5, 5.41) is 20.1. The molecule has 1 saturated heterocycles. The Morgan fingerprint density at radius 2 is 2.04 bits per heavy atom. The summed E-state index contributed by atoms with van der Waals surface area (Å²) in [4.78, 5) is 6.49. The van der Waals surface area contributed by atoms with Crippen LogP contribution in [0.4, 0.5) is 0 Å². The molecule has 1 aromatic carbocycles. The Labute approximate surface area is 156 Å². The van der Waals surface area contributed by atoms with Crippen LogP contribution in [0.1, 0.15) is 54.8 Å². The second-order valence-electron chi connectivity index (χ2n) is 7.29. The standard InChI is InChI=1S/C19H21N7O/c20-12-25-9-1-2-17(25)19-21-18(23-27-19)15-5-3-13(4-6-15)10-26-11-16(22-24-26)14-7-8-14/h3-6,11-12,14,17,20H,1-2,7-10H2.